The molecule has 1 amide bonds. The maximum atomic E-state index is 12.4. The van der Waals surface area contributed by atoms with Crippen LogP contribution in [0.4, 0.5) is 5.95 Å². The normalized spacial score (nSPS) is 18.4. The third kappa shape index (κ3) is 2.31. The minimum Gasteiger partial charge on any atom is -0.367 e. The molecule has 0 radical (unpaired) electrons. The Kier molecular flexibility index (Phi) is 3.28. The number of carbonyl (C=O) groups is 1. The number of pyridine rings is 1. The Morgan fingerprint density at radius 2 is 2.35 bits per heavy atom. The van der Waals surface area contributed by atoms with Crippen molar-refractivity contribution in [2.24, 2.45) is 0 Å². The maximum Gasteiger partial charge on any atom is 0.245 e. The first-order valence-electron chi connectivity index (χ1n) is 6.48. The van der Waals surface area contributed by atoms with Gasteiger partial charge in [0.15, 0.2) is 0 Å². The standard InChI is InChI=1S/C12H15N7O/c13-12-15-16-17-19(12)8-11(20)18-7-3-5-10(18)9-4-1-2-6-14-9/h1-2,4,6,10H,3,5,7-8H2,(H2,13,15,17)/t10-/m0/s1. The summed E-state index contributed by atoms with van der Waals surface area (Å²) >= 11 is 0. The van der Waals surface area contributed by atoms with Gasteiger partial charge in [0.2, 0.25) is 11.9 Å². The van der Waals surface area contributed by atoms with E-state index in [1.54, 1.807) is 6.20 Å². The van der Waals surface area contributed by atoms with Crippen LogP contribution in [0.3, 0.4) is 0 Å². The quantitative estimate of drug-likeness (QED) is 0.845. The summed E-state index contributed by atoms with van der Waals surface area (Å²) in [5, 5.41) is 10.7. The van der Waals surface area contributed by atoms with Crippen molar-refractivity contribution in [1.82, 2.24) is 30.1 Å². The van der Waals surface area contributed by atoms with Crippen LogP contribution in [-0.4, -0.2) is 42.5 Å². The fraction of sp³-hybridized carbons (Fsp3) is 0.417. The summed E-state index contributed by atoms with van der Waals surface area (Å²) in [4.78, 5) is 18.5. The largest absolute Gasteiger partial charge is 0.367 e. The fourth-order valence-corrected chi connectivity index (χ4v) is 2.49. The Labute approximate surface area is 115 Å². The molecule has 1 atom stereocenters. The van der Waals surface area contributed by atoms with Gasteiger partial charge in [-0.2, -0.15) is 0 Å². The van der Waals surface area contributed by atoms with Gasteiger partial charge in [-0.3, -0.25) is 9.78 Å². The number of tetrazole rings is 1. The van der Waals surface area contributed by atoms with Crippen molar-refractivity contribution in [2.75, 3.05) is 12.3 Å². The molecule has 0 unspecified atom stereocenters. The van der Waals surface area contributed by atoms with Gasteiger partial charge in [0.25, 0.3) is 0 Å². The summed E-state index contributed by atoms with van der Waals surface area (Å²) in [6.07, 6.45) is 3.64. The Morgan fingerprint density at radius 3 is 3.05 bits per heavy atom. The molecule has 104 valence electrons. The molecule has 20 heavy (non-hydrogen) atoms. The summed E-state index contributed by atoms with van der Waals surface area (Å²) in [5.41, 5.74) is 6.50. The lowest BCUT2D eigenvalue weighted by Gasteiger charge is -2.24. The number of rotatable bonds is 3. The number of aromatic nitrogens is 5. The van der Waals surface area contributed by atoms with Crippen molar-refractivity contribution >= 4 is 11.9 Å². The average molecular weight is 273 g/mol. The number of anilines is 1. The molecule has 0 bridgehead atoms. The van der Waals surface area contributed by atoms with Gasteiger partial charge in [0.05, 0.1) is 11.7 Å². The number of nitrogens with zero attached hydrogens (tertiary/aromatic N) is 6. The minimum absolute atomic E-state index is 0.0291. The van der Waals surface area contributed by atoms with Gasteiger partial charge >= 0.3 is 0 Å². The Morgan fingerprint density at radius 1 is 1.45 bits per heavy atom. The topological polar surface area (TPSA) is 103 Å². The van der Waals surface area contributed by atoms with Crippen molar-refractivity contribution < 1.29 is 4.79 Å². The monoisotopic (exact) mass is 273 g/mol. The van der Waals surface area contributed by atoms with Gasteiger partial charge in [0, 0.05) is 12.7 Å². The molecule has 1 saturated heterocycles. The molecule has 8 heteroatoms. The molecule has 1 aliphatic rings. The van der Waals surface area contributed by atoms with Crippen LogP contribution in [0.5, 0.6) is 0 Å². The Balaban J connectivity index is 1.75. The van der Waals surface area contributed by atoms with Crippen molar-refractivity contribution in [2.45, 2.75) is 25.4 Å². The smallest absolute Gasteiger partial charge is 0.245 e. The van der Waals surface area contributed by atoms with Crippen LogP contribution in [0.25, 0.3) is 0 Å². The molecule has 0 saturated carbocycles. The molecular weight excluding hydrogens is 258 g/mol. The lowest BCUT2D eigenvalue weighted by molar-refractivity contribution is -0.133. The zero-order valence-electron chi connectivity index (χ0n) is 10.9. The van der Waals surface area contributed by atoms with E-state index in [-0.39, 0.29) is 24.4 Å². The molecule has 2 aromatic heterocycles. The van der Waals surface area contributed by atoms with E-state index in [4.69, 9.17) is 5.73 Å². The number of hydrogen-bond donors (Lipinski definition) is 1. The molecule has 2 N–H and O–H groups in total. The van der Waals surface area contributed by atoms with Crippen LogP contribution in [0, 0.1) is 0 Å². The lowest BCUT2D eigenvalue weighted by Crippen LogP contribution is -2.34. The second-order valence-electron chi connectivity index (χ2n) is 4.69. The molecule has 0 spiro atoms. The molecule has 0 aliphatic carbocycles. The molecule has 1 fully saturated rings. The zero-order valence-corrected chi connectivity index (χ0v) is 10.9. The molecule has 3 rings (SSSR count). The number of nitrogen functional groups attached to an aromatic ring is 1. The van der Waals surface area contributed by atoms with E-state index in [9.17, 15) is 4.79 Å². The van der Waals surface area contributed by atoms with Gasteiger partial charge in [-0.1, -0.05) is 11.2 Å². The average Bonchev–Trinajstić information content (AvgIpc) is 3.09. The third-order valence-electron chi connectivity index (χ3n) is 3.45. The first kappa shape index (κ1) is 12.5. The summed E-state index contributed by atoms with van der Waals surface area (Å²) in [6, 6.07) is 5.78. The van der Waals surface area contributed by atoms with Gasteiger partial charge in [0.1, 0.15) is 6.54 Å². The second-order valence-corrected chi connectivity index (χ2v) is 4.69. The maximum absolute atomic E-state index is 12.4. The number of amides is 1. The van der Waals surface area contributed by atoms with Gasteiger partial charge in [-0.25, -0.2) is 4.68 Å². The molecular formula is C12H15N7O. The number of likely N-dealkylation sites (tertiary alicyclic amines) is 1. The van der Waals surface area contributed by atoms with E-state index in [1.807, 2.05) is 23.1 Å². The first-order valence-corrected chi connectivity index (χ1v) is 6.48. The minimum atomic E-state index is -0.0443. The van der Waals surface area contributed by atoms with Crippen molar-refractivity contribution in [3.05, 3.63) is 30.1 Å². The van der Waals surface area contributed by atoms with E-state index in [0.29, 0.717) is 0 Å². The van der Waals surface area contributed by atoms with Crippen molar-refractivity contribution in [1.29, 1.82) is 0 Å². The van der Waals surface area contributed by atoms with E-state index in [2.05, 4.69) is 20.5 Å². The van der Waals surface area contributed by atoms with E-state index < -0.39 is 0 Å². The van der Waals surface area contributed by atoms with Gasteiger partial charge in [-0.05, 0) is 35.4 Å². The van der Waals surface area contributed by atoms with Gasteiger partial charge in [-0.15, -0.1) is 0 Å². The Hall–Kier alpha value is -2.51. The molecule has 0 aromatic carbocycles. The van der Waals surface area contributed by atoms with Gasteiger partial charge < -0.3 is 10.6 Å². The SMILES string of the molecule is Nc1nnnn1CC(=O)N1CCC[C@H]1c1ccccn1. The summed E-state index contributed by atoms with van der Waals surface area (Å²) in [7, 11) is 0. The fourth-order valence-electron chi connectivity index (χ4n) is 2.49. The Bertz CT molecular complexity index is 597. The van der Waals surface area contributed by atoms with Crippen LogP contribution < -0.4 is 5.73 Å². The summed E-state index contributed by atoms with van der Waals surface area (Å²) in [6.45, 7) is 0.782. The summed E-state index contributed by atoms with van der Waals surface area (Å²) in [5.74, 6) is 0.101. The van der Waals surface area contributed by atoms with Crippen LogP contribution in [0.2, 0.25) is 0 Å². The first-order chi connectivity index (χ1) is 9.75. The van der Waals surface area contributed by atoms with E-state index in [1.165, 1.54) is 4.68 Å². The predicted molar refractivity (Wildman–Crippen MR) is 70.2 cm³/mol. The number of hydrogen-bond acceptors (Lipinski definition) is 6. The highest BCUT2D eigenvalue weighted by Crippen LogP contribution is 2.30. The number of carbonyl (C=O) groups excluding carboxylic acids is 1. The lowest BCUT2D eigenvalue weighted by atomic mass is 10.1. The third-order valence-corrected chi connectivity index (χ3v) is 3.45. The molecule has 3 heterocycles. The van der Waals surface area contributed by atoms with Crippen LogP contribution in [0.1, 0.15) is 24.6 Å². The van der Waals surface area contributed by atoms with Crippen molar-refractivity contribution in [3.63, 3.8) is 0 Å². The van der Waals surface area contributed by atoms with Crippen molar-refractivity contribution in [3.8, 4) is 0 Å². The number of nitrogens with two attached hydrogens (primary N) is 1. The predicted octanol–water partition coefficient (Wildman–Crippen LogP) is 0.0140. The molecule has 2 aromatic rings. The highest BCUT2D eigenvalue weighted by atomic mass is 16.2. The van der Waals surface area contributed by atoms with Crippen LogP contribution in [-0.2, 0) is 11.3 Å². The zero-order chi connectivity index (χ0) is 13.9. The highest BCUT2D eigenvalue weighted by Gasteiger charge is 2.31. The second kappa shape index (κ2) is 5.24. The van der Waals surface area contributed by atoms with Crippen LogP contribution >= 0.6 is 0 Å². The highest BCUT2D eigenvalue weighted by molar-refractivity contribution is 5.77. The van der Waals surface area contributed by atoms with E-state index >= 15 is 0 Å². The summed E-state index contributed by atoms with van der Waals surface area (Å²) < 4.78 is 1.30. The molecule has 1 aliphatic heterocycles. The molecule has 8 nitrogen and oxygen atoms in total. The van der Waals surface area contributed by atoms with Crippen LogP contribution in [0.15, 0.2) is 24.4 Å². The van der Waals surface area contributed by atoms with E-state index in [0.717, 1.165) is 25.1 Å².